The summed E-state index contributed by atoms with van der Waals surface area (Å²) in [5.41, 5.74) is 1.03. The minimum absolute atomic E-state index is 0.0192. The number of thiazole rings is 1. The van der Waals surface area contributed by atoms with Gasteiger partial charge < -0.3 is 10.4 Å². The summed E-state index contributed by atoms with van der Waals surface area (Å²) in [6.45, 7) is 5.12. The second kappa shape index (κ2) is 7.24. The minimum Gasteiger partial charge on any atom is -0.385 e. The molecule has 0 aliphatic carbocycles. The standard InChI is InChI=1S/C17H22N6O3S2/c1-5-10-6-7-11-8-20-23(4)14(11)13(10)21-15(24)22-28(18,26)16-19-9-12(27-16)17(2,3)25/h6-9,25H,5H2,1-4H3,(H3,18,21,22,24,26)/t28-/m1/s1. The van der Waals surface area contributed by atoms with E-state index >= 15 is 0 Å². The molecule has 0 fully saturated rings. The largest absolute Gasteiger partial charge is 0.385 e. The van der Waals surface area contributed by atoms with E-state index in [-0.39, 0.29) is 4.34 Å². The average Bonchev–Trinajstić information content (AvgIpc) is 3.22. The molecule has 9 nitrogen and oxygen atoms in total. The third kappa shape index (κ3) is 3.92. The number of hydrogen-bond donors (Lipinski definition) is 3. The molecular weight excluding hydrogens is 400 g/mol. The average molecular weight is 423 g/mol. The van der Waals surface area contributed by atoms with Gasteiger partial charge in [0.25, 0.3) is 0 Å². The molecule has 0 radical (unpaired) electrons. The topological polar surface area (TPSA) is 135 Å². The van der Waals surface area contributed by atoms with Crippen LogP contribution in [-0.4, -0.2) is 30.1 Å². The number of aliphatic hydroxyl groups is 1. The molecule has 11 heteroatoms. The van der Waals surface area contributed by atoms with Crippen molar-refractivity contribution in [2.45, 2.75) is 37.1 Å². The first-order valence-electron chi connectivity index (χ1n) is 8.51. The van der Waals surface area contributed by atoms with Crippen molar-refractivity contribution in [2.24, 2.45) is 16.5 Å². The van der Waals surface area contributed by atoms with E-state index in [1.54, 1.807) is 31.8 Å². The van der Waals surface area contributed by atoms with E-state index < -0.39 is 21.5 Å². The van der Waals surface area contributed by atoms with Gasteiger partial charge in [0.15, 0.2) is 9.92 Å². The zero-order valence-electron chi connectivity index (χ0n) is 16.0. The molecule has 3 aromatic rings. The lowest BCUT2D eigenvalue weighted by Gasteiger charge is -2.13. The predicted molar refractivity (Wildman–Crippen MR) is 109 cm³/mol. The van der Waals surface area contributed by atoms with Crippen molar-refractivity contribution in [1.82, 2.24) is 14.8 Å². The number of anilines is 1. The van der Waals surface area contributed by atoms with Crippen LogP contribution in [0, 0.1) is 0 Å². The van der Waals surface area contributed by atoms with Crippen LogP contribution in [0.3, 0.4) is 0 Å². The lowest BCUT2D eigenvalue weighted by Crippen LogP contribution is -2.18. The van der Waals surface area contributed by atoms with Crippen LogP contribution >= 0.6 is 11.3 Å². The van der Waals surface area contributed by atoms with Gasteiger partial charge >= 0.3 is 6.03 Å². The number of benzene rings is 1. The van der Waals surface area contributed by atoms with Gasteiger partial charge in [0, 0.05) is 18.6 Å². The lowest BCUT2D eigenvalue weighted by atomic mass is 10.1. The number of aromatic nitrogens is 3. The number of fused-ring (bicyclic) bond motifs is 1. The molecule has 0 bridgehead atoms. The fourth-order valence-corrected chi connectivity index (χ4v) is 4.79. The zero-order valence-corrected chi connectivity index (χ0v) is 17.6. The number of carbonyl (C=O) groups excluding carboxylic acids is 1. The molecule has 1 atom stereocenters. The van der Waals surface area contributed by atoms with Crippen LogP contribution in [-0.2, 0) is 29.0 Å². The minimum atomic E-state index is -3.55. The SMILES string of the molecule is CCc1ccc2cnn(C)c2c1NC(=O)N=[S@@](N)(=O)c1ncc(C(C)(C)O)s1. The van der Waals surface area contributed by atoms with Gasteiger partial charge in [-0.05, 0) is 25.8 Å². The van der Waals surface area contributed by atoms with Gasteiger partial charge in [-0.1, -0.05) is 19.1 Å². The van der Waals surface area contributed by atoms with E-state index in [0.29, 0.717) is 17.0 Å². The van der Waals surface area contributed by atoms with E-state index in [1.165, 1.54) is 6.20 Å². The Morgan fingerprint density at radius 3 is 2.75 bits per heavy atom. The number of nitrogens with one attached hydrogen (secondary N) is 1. The predicted octanol–water partition coefficient (Wildman–Crippen LogP) is 2.75. The summed E-state index contributed by atoms with van der Waals surface area (Å²) < 4.78 is 18.1. The summed E-state index contributed by atoms with van der Waals surface area (Å²) in [7, 11) is -1.78. The van der Waals surface area contributed by atoms with Crippen LogP contribution in [0.15, 0.2) is 33.2 Å². The maximum Gasteiger partial charge on any atom is 0.355 e. The number of rotatable bonds is 4. The Morgan fingerprint density at radius 1 is 1.43 bits per heavy atom. The third-order valence-electron chi connectivity index (χ3n) is 4.16. The van der Waals surface area contributed by atoms with Crippen molar-refractivity contribution in [3.05, 3.63) is 35.0 Å². The number of hydrogen-bond acceptors (Lipinski definition) is 6. The van der Waals surface area contributed by atoms with E-state index in [9.17, 15) is 14.1 Å². The molecule has 2 amide bonds. The fraction of sp³-hybridized carbons (Fsp3) is 0.353. The maximum atomic E-state index is 12.8. The van der Waals surface area contributed by atoms with Gasteiger partial charge in [0.2, 0.25) is 4.34 Å². The van der Waals surface area contributed by atoms with Crippen molar-refractivity contribution in [3.8, 4) is 0 Å². The summed E-state index contributed by atoms with van der Waals surface area (Å²) in [5.74, 6) is 0. The van der Waals surface area contributed by atoms with Crippen LogP contribution < -0.4 is 10.5 Å². The smallest absolute Gasteiger partial charge is 0.355 e. The molecule has 0 saturated carbocycles. The molecule has 3 rings (SSSR count). The quantitative estimate of drug-likeness (QED) is 0.594. The number of aryl methyl sites for hydroxylation is 2. The van der Waals surface area contributed by atoms with Crippen molar-refractivity contribution >= 4 is 43.9 Å². The highest BCUT2D eigenvalue weighted by Gasteiger charge is 2.23. The van der Waals surface area contributed by atoms with Gasteiger partial charge in [-0.15, -0.1) is 15.7 Å². The summed E-state index contributed by atoms with van der Waals surface area (Å²) in [6, 6.07) is 2.99. The normalized spacial score (nSPS) is 14.1. The van der Waals surface area contributed by atoms with Gasteiger partial charge in [-0.25, -0.2) is 19.1 Å². The molecule has 0 aliphatic heterocycles. The number of urea groups is 1. The Balaban J connectivity index is 1.97. The summed E-state index contributed by atoms with van der Waals surface area (Å²) in [5, 5.41) is 23.6. The maximum absolute atomic E-state index is 12.8. The van der Waals surface area contributed by atoms with Crippen LogP contribution in [0.1, 0.15) is 31.2 Å². The van der Waals surface area contributed by atoms with Crippen LogP contribution in [0.4, 0.5) is 10.5 Å². The Kier molecular flexibility index (Phi) is 5.28. The molecule has 0 aliphatic rings. The number of carbonyl (C=O) groups is 1. The second-order valence-corrected chi connectivity index (χ2v) is 9.79. The van der Waals surface area contributed by atoms with E-state index in [4.69, 9.17) is 5.14 Å². The zero-order chi connectivity index (χ0) is 20.7. The molecule has 4 N–H and O–H groups in total. The molecule has 150 valence electrons. The third-order valence-corrected chi connectivity index (χ3v) is 7.27. The molecule has 2 aromatic heterocycles. The second-order valence-electron chi connectivity index (χ2n) is 6.80. The van der Waals surface area contributed by atoms with Crippen LogP contribution in [0.5, 0.6) is 0 Å². The molecule has 0 saturated heterocycles. The molecular formula is C17H22N6O3S2. The van der Waals surface area contributed by atoms with Gasteiger partial charge in [-0.2, -0.15) is 5.10 Å². The highest BCUT2D eigenvalue weighted by Crippen LogP contribution is 2.29. The fourth-order valence-electron chi connectivity index (χ4n) is 2.71. The van der Waals surface area contributed by atoms with Crippen molar-refractivity contribution < 1.29 is 14.1 Å². The van der Waals surface area contributed by atoms with E-state index in [1.807, 2.05) is 19.1 Å². The summed E-state index contributed by atoms with van der Waals surface area (Å²) in [4.78, 5) is 17.0. The monoisotopic (exact) mass is 422 g/mol. The molecule has 0 unspecified atom stereocenters. The highest BCUT2D eigenvalue weighted by atomic mass is 32.2. The Morgan fingerprint density at radius 2 is 2.14 bits per heavy atom. The molecule has 28 heavy (non-hydrogen) atoms. The first-order valence-corrected chi connectivity index (χ1v) is 10.9. The van der Waals surface area contributed by atoms with Gasteiger partial charge in [0.1, 0.15) is 0 Å². The summed E-state index contributed by atoms with van der Waals surface area (Å²) >= 11 is 0.960. The number of nitrogens with two attached hydrogens (primary N) is 1. The molecule has 2 heterocycles. The van der Waals surface area contributed by atoms with Crippen molar-refractivity contribution in [2.75, 3.05) is 5.32 Å². The number of amides is 2. The first kappa shape index (κ1) is 20.4. The van der Waals surface area contributed by atoms with Gasteiger partial charge in [0.05, 0.1) is 27.9 Å². The van der Waals surface area contributed by atoms with E-state index in [2.05, 4.69) is 19.8 Å². The Hall–Kier alpha value is -2.34. The Bertz CT molecular complexity index is 1170. The van der Waals surface area contributed by atoms with E-state index in [0.717, 1.165) is 27.8 Å². The Labute approximate surface area is 166 Å². The highest BCUT2D eigenvalue weighted by molar-refractivity contribution is 7.93. The number of nitrogens with zero attached hydrogens (tertiary/aromatic N) is 4. The van der Waals surface area contributed by atoms with Gasteiger partial charge in [-0.3, -0.25) is 4.68 Å². The first-order chi connectivity index (χ1) is 13.0. The lowest BCUT2D eigenvalue weighted by molar-refractivity contribution is 0.0823. The van der Waals surface area contributed by atoms with Crippen molar-refractivity contribution in [3.63, 3.8) is 0 Å². The summed E-state index contributed by atoms with van der Waals surface area (Å²) in [6.07, 6.45) is 3.75. The van der Waals surface area contributed by atoms with Crippen LogP contribution in [0.25, 0.3) is 10.9 Å². The van der Waals surface area contributed by atoms with Crippen LogP contribution in [0.2, 0.25) is 0 Å². The molecule has 0 spiro atoms. The van der Waals surface area contributed by atoms with Crippen molar-refractivity contribution in [1.29, 1.82) is 0 Å². The molecule has 1 aromatic carbocycles.